The van der Waals surface area contributed by atoms with Crippen LogP contribution in [0.25, 0.3) is 0 Å². The van der Waals surface area contributed by atoms with Gasteiger partial charge in [0, 0.05) is 11.6 Å². The second-order valence-corrected chi connectivity index (χ2v) is 13.5. The van der Waals surface area contributed by atoms with Gasteiger partial charge in [-0.25, -0.2) is 13.1 Å². The van der Waals surface area contributed by atoms with Crippen LogP contribution in [0.2, 0.25) is 5.02 Å². The van der Waals surface area contributed by atoms with Crippen LogP contribution in [0.4, 0.5) is 0 Å². The molecular weight excluding hydrogens is 570 g/mol. The number of halogens is 1. The summed E-state index contributed by atoms with van der Waals surface area (Å²) in [5, 5.41) is 40.5. The summed E-state index contributed by atoms with van der Waals surface area (Å²) >= 11 is 6.45. The van der Waals surface area contributed by atoms with Crippen LogP contribution in [0.15, 0.2) is 42.5 Å². The zero-order valence-electron chi connectivity index (χ0n) is 23.2. The number of benzene rings is 2. The van der Waals surface area contributed by atoms with Gasteiger partial charge in [-0.3, -0.25) is 0 Å². The van der Waals surface area contributed by atoms with Crippen LogP contribution in [0.1, 0.15) is 74.2 Å². The topological polar surface area (TPSA) is 146 Å². The van der Waals surface area contributed by atoms with Crippen LogP contribution in [-0.2, 0) is 21.2 Å². The third-order valence-corrected chi connectivity index (χ3v) is 10.3. The van der Waals surface area contributed by atoms with Gasteiger partial charge in [-0.2, -0.15) is 0 Å². The minimum absolute atomic E-state index is 0.232. The molecule has 41 heavy (non-hydrogen) atoms. The summed E-state index contributed by atoms with van der Waals surface area (Å²) in [5.74, 6) is 0.743. The van der Waals surface area contributed by atoms with Crippen molar-refractivity contribution < 1.29 is 38.3 Å². The Bertz CT molecular complexity index is 1200. The second-order valence-electron chi connectivity index (χ2n) is 11.0. The zero-order valence-corrected chi connectivity index (χ0v) is 24.8. The van der Waals surface area contributed by atoms with Gasteiger partial charge in [-0.05, 0) is 73.4 Å². The van der Waals surface area contributed by atoms with Crippen molar-refractivity contribution in [3.05, 3.63) is 64.2 Å². The monoisotopic (exact) mass is 611 g/mol. The highest BCUT2D eigenvalue weighted by atomic mass is 35.5. The molecule has 0 amide bonds. The van der Waals surface area contributed by atoms with Gasteiger partial charge in [0.2, 0.25) is 10.0 Å². The molecule has 2 aromatic rings. The summed E-state index contributed by atoms with van der Waals surface area (Å²) in [7, 11) is -3.20. The zero-order chi connectivity index (χ0) is 29.4. The Labute approximate surface area is 247 Å². The Balaban J connectivity index is 1.22. The average molecular weight is 612 g/mol. The average Bonchev–Trinajstić information content (AvgIpc) is 2.98. The highest BCUT2D eigenvalue weighted by molar-refractivity contribution is 7.90. The summed E-state index contributed by atoms with van der Waals surface area (Å²) in [4.78, 5) is 0. The number of hydrogen-bond acceptors (Lipinski definition) is 8. The molecule has 2 aromatic carbocycles. The molecule has 1 saturated heterocycles. The van der Waals surface area contributed by atoms with Gasteiger partial charge < -0.3 is 29.9 Å². The molecule has 4 rings (SSSR count). The minimum atomic E-state index is -3.20. The van der Waals surface area contributed by atoms with E-state index in [-0.39, 0.29) is 5.25 Å². The first-order valence-electron chi connectivity index (χ1n) is 14.5. The Hall–Kier alpha value is -1.76. The molecular formula is C30H42ClNO8S. The van der Waals surface area contributed by atoms with Crippen LogP contribution in [-0.4, -0.2) is 78.3 Å². The first kappa shape index (κ1) is 32.2. The van der Waals surface area contributed by atoms with E-state index < -0.39 is 47.2 Å². The highest BCUT2D eigenvalue weighted by Gasteiger charge is 2.44. The summed E-state index contributed by atoms with van der Waals surface area (Å²) in [6, 6.07) is 12.9. The number of nitrogens with one attached hydrogen (secondary N) is 1. The molecule has 0 radical (unpaired) electrons. The Kier molecular flexibility index (Phi) is 11.9. The molecule has 0 spiro atoms. The number of sulfonamides is 1. The first-order valence-corrected chi connectivity index (χ1v) is 16.4. The van der Waals surface area contributed by atoms with E-state index in [1.807, 2.05) is 24.3 Å². The molecule has 5 N–H and O–H groups in total. The SMILES string of the molecule is O=S(=O)(NCCCCCOc1ccc(Cc2cc(C3OC(CO)C(O)C(O)C3O)ccc2Cl)cc1)C1CCCCC1. The number of aliphatic hydroxyl groups excluding tert-OH is 4. The number of hydrogen-bond donors (Lipinski definition) is 5. The van der Waals surface area contributed by atoms with E-state index in [9.17, 15) is 28.8 Å². The van der Waals surface area contributed by atoms with Crippen molar-refractivity contribution in [3.8, 4) is 5.75 Å². The van der Waals surface area contributed by atoms with Gasteiger partial charge in [0.25, 0.3) is 0 Å². The number of unbranched alkanes of at least 4 members (excludes halogenated alkanes) is 2. The summed E-state index contributed by atoms with van der Waals surface area (Å²) in [6.07, 6.45) is 1.52. The van der Waals surface area contributed by atoms with Crippen molar-refractivity contribution in [1.29, 1.82) is 0 Å². The first-order chi connectivity index (χ1) is 19.7. The second kappa shape index (κ2) is 15.1. The van der Waals surface area contributed by atoms with Gasteiger partial charge in [0.1, 0.15) is 36.3 Å². The molecule has 1 saturated carbocycles. The van der Waals surface area contributed by atoms with E-state index in [1.54, 1.807) is 18.2 Å². The van der Waals surface area contributed by atoms with E-state index in [4.69, 9.17) is 21.1 Å². The molecule has 11 heteroatoms. The lowest BCUT2D eigenvalue weighted by atomic mass is 9.90. The molecule has 0 bridgehead atoms. The number of ether oxygens (including phenoxy) is 2. The quantitative estimate of drug-likeness (QED) is 0.217. The summed E-state index contributed by atoms with van der Waals surface area (Å²) in [6.45, 7) is 0.521. The molecule has 2 fully saturated rings. The fourth-order valence-corrected chi connectivity index (χ4v) is 7.31. The molecule has 9 nitrogen and oxygen atoms in total. The molecule has 0 aromatic heterocycles. The van der Waals surface area contributed by atoms with E-state index in [0.717, 1.165) is 68.2 Å². The largest absolute Gasteiger partial charge is 0.494 e. The highest BCUT2D eigenvalue weighted by Crippen LogP contribution is 2.34. The molecule has 228 valence electrons. The van der Waals surface area contributed by atoms with Crippen molar-refractivity contribution in [1.82, 2.24) is 4.72 Å². The van der Waals surface area contributed by atoms with Crippen LogP contribution in [0.5, 0.6) is 5.75 Å². The van der Waals surface area contributed by atoms with Gasteiger partial charge in [-0.1, -0.05) is 55.1 Å². The van der Waals surface area contributed by atoms with Crippen molar-refractivity contribution in [3.63, 3.8) is 0 Å². The van der Waals surface area contributed by atoms with Crippen molar-refractivity contribution in [2.75, 3.05) is 19.8 Å². The van der Waals surface area contributed by atoms with Gasteiger partial charge in [0.05, 0.1) is 18.5 Å². The maximum absolute atomic E-state index is 12.4. The number of rotatable bonds is 13. The molecule has 5 unspecified atom stereocenters. The fourth-order valence-electron chi connectivity index (χ4n) is 5.51. The van der Waals surface area contributed by atoms with Crippen molar-refractivity contribution >= 4 is 21.6 Å². The lowest BCUT2D eigenvalue weighted by molar-refractivity contribution is -0.231. The molecule has 1 aliphatic carbocycles. The van der Waals surface area contributed by atoms with Crippen LogP contribution >= 0.6 is 11.6 Å². The third kappa shape index (κ3) is 8.64. The summed E-state index contributed by atoms with van der Waals surface area (Å²) < 4.78 is 39.1. The fraction of sp³-hybridized carbons (Fsp3) is 0.600. The predicted octanol–water partition coefficient (Wildman–Crippen LogP) is 3.25. The van der Waals surface area contributed by atoms with Crippen LogP contribution in [0.3, 0.4) is 0 Å². The number of aliphatic hydroxyl groups is 4. The van der Waals surface area contributed by atoms with E-state index in [2.05, 4.69) is 4.72 Å². The standard InChI is InChI=1S/C30H42ClNO8S/c31-25-14-11-21(30-29(36)28(35)27(34)26(19-33)40-30)18-22(25)17-20-9-12-23(13-10-20)39-16-6-2-5-15-32-41(37,38)24-7-3-1-4-8-24/h9-14,18,24,26-30,32-36H,1-8,15-17,19H2. The molecule has 1 aliphatic heterocycles. The van der Waals surface area contributed by atoms with E-state index >= 15 is 0 Å². The van der Waals surface area contributed by atoms with Gasteiger partial charge in [0.15, 0.2) is 0 Å². The maximum atomic E-state index is 12.4. The Morgan fingerprint density at radius 1 is 0.927 bits per heavy atom. The predicted molar refractivity (Wildman–Crippen MR) is 157 cm³/mol. The summed E-state index contributed by atoms with van der Waals surface area (Å²) in [5.41, 5.74) is 2.38. The maximum Gasteiger partial charge on any atom is 0.214 e. The normalized spacial score (nSPS) is 25.7. The van der Waals surface area contributed by atoms with E-state index in [0.29, 0.717) is 30.2 Å². The molecule has 5 atom stereocenters. The van der Waals surface area contributed by atoms with Crippen LogP contribution < -0.4 is 9.46 Å². The minimum Gasteiger partial charge on any atom is -0.494 e. The third-order valence-electron chi connectivity index (χ3n) is 7.99. The molecule has 2 aliphatic rings. The smallest absolute Gasteiger partial charge is 0.214 e. The Morgan fingerprint density at radius 3 is 2.37 bits per heavy atom. The lowest BCUT2D eigenvalue weighted by Gasteiger charge is -2.40. The molecule has 1 heterocycles. The van der Waals surface area contributed by atoms with Gasteiger partial charge >= 0.3 is 0 Å². The van der Waals surface area contributed by atoms with Gasteiger partial charge in [-0.15, -0.1) is 0 Å². The van der Waals surface area contributed by atoms with E-state index in [1.165, 1.54) is 0 Å². The van der Waals surface area contributed by atoms with Crippen LogP contribution in [0, 0.1) is 0 Å². The lowest BCUT2D eigenvalue weighted by Crippen LogP contribution is -2.55. The van der Waals surface area contributed by atoms with Crippen molar-refractivity contribution in [2.45, 2.75) is 93.6 Å². The Morgan fingerprint density at radius 2 is 1.66 bits per heavy atom. The van der Waals surface area contributed by atoms with Crippen molar-refractivity contribution in [2.24, 2.45) is 0 Å².